The predicted molar refractivity (Wildman–Crippen MR) is 101 cm³/mol. The molecule has 2 heterocycles. The maximum absolute atomic E-state index is 12.9. The van der Waals surface area contributed by atoms with Gasteiger partial charge in [0, 0.05) is 37.9 Å². The molecule has 0 unspecified atom stereocenters. The summed E-state index contributed by atoms with van der Waals surface area (Å²) < 4.78 is 9.94. The number of hydrogen-bond donors (Lipinski definition) is 0. The van der Waals surface area contributed by atoms with Gasteiger partial charge >= 0.3 is 5.97 Å². The minimum Gasteiger partial charge on any atom is -0.465 e. The van der Waals surface area contributed by atoms with Crippen molar-refractivity contribution >= 4 is 11.9 Å². The molecule has 0 atom stereocenters. The molecular formula is C21H24N2O4. The first-order chi connectivity index (χ1) is 13.0. The van der Waals surface area contributed by atoms with Crippen molar-refractivity contribution in [2.24, 2.45) is 0 Å². The molecule has 27 heavy (non-hydrogen) atoms. The summed E-state index contributed by atoms with van der Waals surface area (Å²) in [5.74, 6) is -0.368. The van der Waals surface area contributed by atoms with Crippen molar-refractivity contribution in [2.45, 2.75) is 26.4 Å². The van der Waals surface area contributed by atoms with E-state index in [2.05, 4.69) is 4.98 Å². The number of rotatable bonds is 4. The molecule has 0 N–H and O–H groups in total. The third-order valence-corrected chi connectivity index (χ3v) is 4.86. The molecule has 0 fully saturated rings. The molecule has 3 rings (SSSR count). The second kappa shape index (κ2) is 8.31. The molecule has 0 saturated carbocycles. The fraction of sp³-hybridized carbons (Fsp3) is 0.381. The SMILES string of the molecule is COCc1ccc(C(=O)N2CCc3cc(C(=O)OC)c(C)nc3CC2)cc1. The molecule has 2 aromatic rings. The number of fused-ring (bicyclic) bond motifs is 1. The Morgan fingerprint density at radius 1 is 1.11 bits per heavy atom. The summed E-state index contributed by atoms with van der Waals surface area (Å²) in [7, 11) is 3.01. The normalized spacial score (nSPS) is 13.7. The van der Waals surface area contributed by atoms with Crippen LogP contribution in [0.5, 0.6) is 0 Å². The summed E-state index contributed by atoms with van der Waals surface area (Å²) in [6, 6.07) is 9.36. The van der Waals surface area contributed by atoms with E-state index in [1.54, 1.807) is 7.11 Å². The molecule has 142 valence electrons. The molecule has 0 spiro atoms. The van der Waals surface area contributed by atoms with Crippen molar-refractivity contribution < 1.29 is 19.1 Å². The molecule has 0 radical (unpaired) electrons. The van der Waals surface area contributed by atoms with Crippen LogP contribution < -0.4 is 0 Å². The third kappa shape index (κ3) is 4.17. The van der Waals surface area contributed by atoms with Gasteiger partial charge in [0.05, 0.1) is 25.0 Å². The van der Waals surface area contributed by atoms with Gasteiger partial charge in [-0.25, -0.2) is 4.79 Å². The number of amides is 1. The number of nitrogens with zero attached hydrogens (tertiary/aromatic N) is 2. The minimum atomic E-state index is -0.379. The van der Waals surface area contributed by atoms with E-state index < -0.39 is 0 Å². The number of hydrogen-bond acceptors (Lipinski definition) is 5. The second-order valence-corrected chi connectivity index (χ2v) is 6.64. The van der Waals surface area contributed by atoms with E-state index >= 15 is 0 Å². The lowest BCUT2D eigenvalue weighted by Gasteiger charge is -2.20. The zero-order valence-electron chi connectivity index (χ0n) is 15.9. The first kappa shape index (κ1) is 19.0. The zero-order valence-corrected chi connectivity index (χ0v) is 15.9. The predicted octanol–water partition coefficient (Wildman–Crippen LogP) is 2.56. The Bertz CT molecular complexity index is 846. The molecule has 1 aliphatic heterocycles. The molecule has 0 aliphatic carbocycles. The summed E-state index contributed by atoms with van der Waals surface area (Å²) in [5, 5.41) is 0. The van der Waals surface area contributed by atoms with Crippen LogP contribution in [0, 0.1) is 6.92 Å². The number of methoxy groups -OCH3 is 2. The molecule has 6 nitrogen and oxygen atoms in total. The van der Waals surface area contributed by atoms with Gasteiger partial charge in [0.25, 0.3) is 5.91 Å². The van der Waals surface area contributed by atoms with Crippen molar-refractivity contribution in [1.82, 2.24) is 9.88 Å². The molecule has 1 amide bonds. The average Bonchev–Trinajstić information content (AvgIpc) is 2.89. The largest absolute Gasteiger partial charge is 0.465 e. The van der Waals surface area contributed by atoms with Crippen molar-refractivity contribution in [1.29, 1.82) is 0 Å². The minimum absolute atomic E-state index is 0.0108. The number of benzene rings is 1. The van der Waals surface area contributed by atoms with Gasteiger partial charge < -0.3 is 14.4 Å². The molecule has 1 aromatic heterocycles. The lowest BCUT2D eigenvalue weighted by molar-refractivity contribution is 0.0598. The van der Waals surface area contributed by atoms with E-state index in [-0.39, 0.29) is 11.9 Å². The van der Waals surface area contributed by atoms with E-state index in [9.17, 15) is 9.59 Å². The Kier molecular flexibility index (Phi) is 5.86. The van der Waals surface area contributed by atoms with E-state index in [0.717, 1.165) is 16.8 Å². The van der Waals surface area contributed by atoms with E-state index in [1.807, 2.05) is 42.2 Å². The molecular weight excluding hydrogens is 344 g/mol. The van der Waals surface area contributed by atoms with Crippen LogP contribution in [0.2, 0.25) is 0 Å². The molecule has 1 aliphatic rings. The number of pyridine rings is 1. The number of aryl methyl sites for hydroxylation is 1. The fourth-order valence-corrected chi connectivity index (χ4v) is 3.35. The van der Waals surface area contributed by atoms with Crippen LogP contribution in [-0.4, -0.2) is 49.1 Å². The Hall–Kier alpha value is -2.73. The number of aromatic nitrogens is 1. The highest BCUT2D eigenvalue weighted by Crippen LogP contribution is 2.20. The Labute approximate surface area is 159 Å². The van der Waals surface area contributed by atoms with Gasteiger partial charge in [-0.15, -0.1) is 0 Å². The third-order valence-electron chi connectivity index (χ3n) is 4.86. The van der Waals surface area contributed by atoms with Crippen LogP contribution >= 0.6 is 0 Å². The van der Waals surface area contributed by atoms with Gasteiger partial charge in [0.15, 0.2) is 0 Å². The van der Waals surface area contributed by atoms with Crippen LogP contribution in [0.15, 0.2) is 30.3 Å². The number of esters is 1. The quantitative estimate of drug-likeness (QED) is 0.776. The van der Waals surface area contributed by atoms with Crippen molar-refractivity contribution in [3.05, 3.63) is 64.0 Å². The number of carbonyl (C=O) groups excluding carboxylic acids is 2. The summed E-state index contributed by atoms with van der Waals surface area (Å²) >= 11 is 0. The van der Waals surface area contributed by atoms with E-state index in [1.165, 1.54) is 7.11 Å². The highest BCUT2D eigenvalue weighted by Gasteiger charge is 2.22. The zero-order chi connectivity index (χ0) is 19.4. The molecule has 6 heteroatoms. The average molecular weight is 368 g/mol. The van der Waals surface area contributed by atoms with Crippen LogP contribution in [0.3, 0.4) is 0 Å². The maximum Gasteiger partial charge on any atom is 0.339 e. The van der Waals surface area contributed by atoms with Crippen LogP contribution in [0.1, 0.15) is 43.2 Å². The summed E-state index contributed by atoms with van der Waals surface area (Å²) in [5.41, 5.74) is 4.81. The van der Waals surface area contributed by atoms with Gasteiger partial charge in [-0.1, -0.05) is 12.1 Å². The lowest BCUT2D eigenvalue weighted by Crippen LogP contribution is -2.33. The summed E-state index contributed by atoms with van der Waals surface area (Å²) in [6.45, 7) is 3.54. The molecule has 0 saturated heterocycles. The lowest BCUT2D eigenvalue weighted by atomic mass is 10.0. The van der Waals surface area contributed by atoms with E-state index in [0.29, 0.717) is 49.4 Å². The highest BCUT2D eigenvalue weighted by molar-refractivity contribution is 5.94. The van der Waals surface area contributed by atoms with Gasteiger partial charge in [0.2, 0.25) is 0 Å². The van der Waals surface area contributed by atoms with Gasteiger partial charge in [-0.2, -0.15) is 0 Å². The first-order valence-electron chi connectivity index (χ1n) is 8.98. The van der Waals surface area contributed by atoms with E-state index in [4.69, 9.17) is 9.47 Å². The van der Waals surface area contributed by atoms with Crippen molar-refractivity contribution in [2.75, 3.05) is 27.3 Å². The fourth-order valence-electron chi connectivity index (χ4n) is 3.35. The van der Waals surface area contributed by atoms with Crippen LogP contribution in [0.25, 0.3) is 0 Å². The van der Waals surface area contributed by atoms with Crippen molar-refractivity contribution in [3.8, 4) is 0 Å². The Morgan fingerprint density at radius 3 is 2.48 bits per heavy atom. The Balaban J connectivity index is 1.75. The topological polar surface area (TPSA) is 68.7 Å². The van der Waals surface area contributed by atoms with Gasteiger partial charge in [0.1, 0.15) is 0 Å². The first-order valence-corrected chi connectivity index (χ1v) is 8.98. The maximum atomic E-state index is 12.9. The van der Waals surface area contributed by atoms with Crippen molar-refractivity contribution in [3.63, 3.8) is 0 Å². The highest BCUT2D eigenvalue weighted by atomic mass is 16.5. The monoisotopic (exact) mass is 368 g/mol. The number of carbonyl (C=O) groups is 2. The van der Waals surface area contributed by atoms with Crippen LogP contribution in [0.4, 0.5) is 0 Å². The Morgan fingerprint density at radius 2 is 1.81 bits per heavy atom. The standard InChI is InChI=1S/C21H24N2O4/c1-14-18(21(25)27-3)12-17-8-10-23(11-9-19(17)22-14)20(24)16-6-4-15(5-7-16)13-26-2/h4-7,12H,8-11,13H2,1-3H3. The summed E-state index contributed by atoms with van der Waals surface area (Å²) in [6.07, 6.45) is 1.34. The molecule has 1 aromatic carbocycles. The van der Waals surface area contributed by atoms with Gasteiger partial charge in [-0.05, 0) is 42.7 Å². The van der Waals surface area contributed by atoms with Crippen LogP contribution in [-0.2, 0) is 28.9 Å². The smallest absolute Gasteiger partial charge is 0.339 e. The number of ether oxygens (including phenoxy) is 2. The molecule has 0 bridgehead atoms. The second-order valence-electron chi connectivity index (χ2n) is 6.64. The summed E-state index contributed by atoms with van der Waals surface area (Å²) in [4.78, 5) is 31.2. The van der Waals surface area contributed by atoms with Gasteiger partial charge in [-0.3, -0.25) is 9.78 Å².